The number of amides is 1. The molecule has 0 aliphatic rings. The van der Waals surface area contributed by atoms with Crippen molar-refractivity contribution in [2.75, 3.05) is 11.9 Å². The van der Waals surface area contributed by atoms with Gasteiger partial charge in [-0.3, -0.25) is 4.79 Å². The summed E-state index contributed by atoms with van der Waals surface area (Å²) < 4.78 is 0. The van der Waals surface area contributed by atoms with Crippen LogP contribution in [0.4, 0.5) is 5.69 Å². The zero-order valence-corrected chi connectivity index (χ0v) is 10.4. The van der Waals surface area contributed by atoms with Gasteiger partial charge in [-0.15, -0.1) is 0 Å². The van der Waals surface area contributed by atoms with Crippen molar-refractivity contribution in [3.63, 3.8) is 0 Å². The van der Waals surface area contributed by atoms with E-state index in [-0.39, 0.29) is 11.9 Å². The summed E-state index contributed by atoms with van der Waals surface area (Å²) in [7, 11) is 0. The lowest BCUT2D eigenvalue weighted by molar-refractivity contribution is -0.121. The van der Waals surface area contributed by atoms with Crippen molar-refractivity contribution in [2.45, 2.75) is 26.8 Å². The quantitative estimate of drug-likeness (QED) is 0.830. The molecule has 0 spiro atoms. The number of hydrogen-bond donors (Lipinski definition) is 2. The molecule has 0 saturated heterocycles. The van der Waals surface area contributed by atoms with E-state index in [1.54, 1.807) is 19.1 Å². The van der Waals surface area contributed by atoms with Crippen LogP contribution < -0.4 is 10.6 Å². The number of nitrogens with zero attached hydrogens (tertiary/aromatic N) is 1. The van der Waals surface area contributed by atoms with Crippen LogP contribution in [0, 0.1) is 18.3 Å². The third-order valence-electron chi connectivity index (χ3n) is 2.48. The number of nitriles is 1. The highest BCUT2D eigenvalue weighted by molar-refractivity contribution is 5.84. The molecule has 4 nitrogen and oxygen atoms in total. The summed E-state index contributed by atoms with van der Waals surface area (Å²) in [6.07, 6.45) is 0. The number of rotatable bonds is 4. The van der Waals surface area contributed by atoms with Crippen LogP contribution in [-0.4, -0.2) is 18.5 Å². The predicted molar refractivity (Wildman–Crippen MR) is 67.7 cm³/mol. The molecule has 1 atom stereocenters. The molecule has 0 fully saturated rings. The van der Waals surface area contributed by atoms with E-state index in [0.717, 1.165) is 11.3 Å². The fourth-order valence-electron chi connectivity index (χ4n) is 1.47. The maximum Gasteiger partial charge on any atom is 0.242 e. The highest BCUT2D eigenvalue weighted by atomic mass is 16.2. The molecule has 0 aliphatic carbocycles. The third kappa shape index (κ3) is 3.49. The summed E-state index contributed by atoms with van der Waals surface area (Å²) in [5, 5.41) is 14.7. The molecule has 2 N–H and O–H groups in total. The molecular weight excluding hydrogens is 214 g/mol. The first-order valence-corrected chi connectivity index (χ1v) is 5.63. The number of aryl methyl sites for hydroxylation is 1. The average molecular weight is 231 g/mol. The lowest BCUT2D eigenvalue weighted by Crippen LogP contribution is -2.37. The SMILES string of the molecule is CCNC(=O)C(C)Nc1cc(C#N)ccc1C. The second-order valence-electron chi connectivity index (χ2n) is 3.90. The Hall–Kier alpha value is -2.02. The molecule has 0 saturated carbocycles. The predicted octanol–water partition coefficient (Wildman–Crippen LogP) is 1.80. The standard InChI is InChI=1S/C13H17N3O/c1-4-15-13(17)10(3)16-12-7-11(8-14)6-5-9(12)2/h5-7,10,16H,4H2,1-3H3,(H,15,17). The van der Waals surface area contributed by atoms with Crippen molar-refractivity contribution < 1.29 is 4.79 Å². The Labute approximate surface area is 102 Å². The molecule has 1 unspecified atom stereocenters. The minimum atomic E-state index is -0.317. The summed E-state index contributed by atoms with van der Waals surface area (Å²) in [5.74, 6) is -0.0470. The molecule has 0 bridgehead atoms. The molecule has 0 heterocycles. The maximum absolute atomic E-state index is 11.6. The smallest absolute Gasteiger partial charge is 0.242 e. The van der Waals surface area contributed by atoms with Crippen LogP contribution in [0.25, 0.3) is 0 Å². The van der Waals surface area contributed by atoms with Gasteiger partial charge in [-0.05, 0) is 38.5 Å². The van der Waals surface area contributed by atoms with Crippen LogP contribution in [0.2, 0.25) is 0 Å². The number of carbonyl (C=O) groups is 1. The number of anilines is 1. The van der Waals surface area contributed by atoms with Gasteiger partial charge in [-0.25, -0.2) is 0 Å². The van der Waals surface area contributed by atoms with Crippen molar-refractivity contribution in [2.24, 2.45) is 0 Å². The Bertz CT molecular complexity index is 448. The van der Waals surface area contributed by atoms with Gasteiger partial charge in [0, 0.05) is 12.2 Å². The minimum absolute atomic E-state index is 0.0470. The number of nitrogens with one attached hydrogen (secondary N) is 2. The molecule has 4 heteroatoms. The summed E-state index contributed by atoms with van der Waals surface area (Å²) in [5.41, 5.74) is 2.42. The van der Waals surface area contributed by atoms with E-state index in [2.05, 4.69) is 16.7 Å². The monoisotopic (exact) mass is 231 g/mol. The van der Waals surface area contributed by atoms with E-state index in [0.29, 0.717) is 12.1 Å². The summed E-state index contributed by atoms with van der Waals surface area (Å²) >= 11 is 0. The van der Waals surface area contributed by atoms with Crippen LogP contribution in [-0.2, 0) is 4.79 Å². The van der Waals surface area contributed by atoms with Crippen molar-refractivity contribution in [1.29, 1.82) is 5.26 Å². The second kappa shape index (κ2) is 5.90. The van der Waals surface area contributed by atoms with Crippen molar-refractivity contribution in [3.05, 3.63) is 29.3 Å². The van der Waals surface area contributed by atoms with Crippen LogP contribution in [0.1, 0.15) is 25.0 Å². The molecule has 1 amide bonds. The maximum atomic E-state index is 11.6. The number of likely N-dealkylation sites (N-methyl/N-ethyl adjacent to an activating group) is 1. The molecule has 90 valence electrons. The number of carbonyl (C=O) groups excluding carboxylic acids is 1. The highest BCUT2D eigenvalue weighted by Crippen LogP contribution is 2.17. The molecule has 17 heavy (non-hydrogen) atoms. The highest BCUT2D eigenvalue weighted by Gasteiger charge is 2.12. The molecule has 0 radical (unpaired) electrons. The van der Waals surface area contributed by atoms with Gasteiger partial charge < -0.3 is 10.6 Å². The van der Waals surface area contributed by atoms with E-state index in [9.17, 15) is 4.79 Å². The Morgan fingerprint density at radius 3 is 2.82 bits per heavy atom. The Morgan fingerprint density at radius 2 is 2.24 bits per heavy atom. The molecule has 1 aromatic rings. The fraction of sp³-hybridized carbons (Fsp3) is 0.385. The first-order chi connectivity index (χ1) is 8.08. The van der Waals surface area contributed by atoms with E-state index in [4.69, 9.17) is 5.26 Å². The van der Waals surface area contributed by atoms with Crippen LogP contribution in [0.3, 0.4) is 0 Å². The second-order valence-corrected chi connectivity index (χ2v) is 3.90. The normalized spacial score (nSPS) is 11.4. The number of benzene rings is 1. The van der Waals surface area contributed by atoms with Gasteiger partial charge in [0.05, 0.1) is 11.6 Å². The summed E-state index contributed by atoms with van der Waals surface area (Å²) in [6.45, 7) is 6.23. The first kappa shape index (κ1) is 13.0. The molecule has 1 rings (SSSR count). The van der Waals surface area contributed by atoms with Gasteiger partial charge in [-0.2, -0.15) is 5.26 Å². The van der Waals surface area contributed by atoms with Gasteiger partial charge in [-0.1, -0.05) is 6.07 Å². The Kier molecular flexibility index (Phi) is 4.53. The average Bonchev–Trinajstić information content (AvgIpc) is 2.32. The van der Waals surface area contributed by atoms with E-state index >= 15 is 0 Å². The lowest BCUT2D eigenvalue weighted by atomic mass is 10.1. The number of hydrogen-bond acceptors (Lipinski definition) is 3. The van der Waals surface area contributed by atoms with Gasteiger partial charge in [0.2, 0.25) is 5.91 Å². The van der Waals surface area contributed by atoms with Gasteiger partial charge in [0.1, 0.15) is 6.04 Å². The lowest BCUT2D eigenvalue weighted by Gasteiger charge is -2.16. The Balaban J connectivity index is 2.81. The van der Waals surface area contributed by atoms with Crippen LogP contribution in [0.5, 0.6) is 0 Å². The zero-order valence-electron chi connectivity index (χ0n) is 10.4. The molecule has 1 aromatic carbocycles. The van der Waals surface area contributed by atoms with Gasteiger partial charge in [0.15, 0.2) is 0 Å². The summed E-state index contributed by atoms with van der Waals surface area (Å²) in [6, 6.07) is 7.15. The van der Waals surface area contributed by atoms with E-state index < -0.39 is 0 Å². The molecular formula is C13H17N3O. The minimum Gasteiger partial charge on any atom is -0.374 e. The van der Waals surface area contributed by atoms with Crippen molar-refractivity contribution in [1.82, 2.24) is 5.32 Å². The summed E-state index contributed by atoms with van der Waals surface area (Å²) in [4.78, 5) is 11.6. The Morgan fingerprint density at radius 1 is 1.53 bits per heavy atom. The molecule has 0 aliphatic heterocycles. The van der Waals surface area contributed by atoms with E-state index in [1.165, 1.54) is 0 Å². The van der Waals surface area contributed by atoms with Crippen LogP contribution >= 0.6 is 0 Å². The van der Waals surface area contributed by atoms with Crippen molar-refractivity contribution in [3.8, 4) is 6.07 Å². The first-order valence-electron chi connectivity index (χ1n) is 5.63. The topological polar surface area (TPSA) is 64.9 Å². The zero-order chi connectivity index (χ0) is 12.8. The molecule has 0 aromatic heterocycles. The largest absolute Gasteiger partial charge is 0.374 e. The fourth-order valence-corrected chi connectivity index (χ4v) is 1.47. The van der Waals surface area contributed by atoms with E-state index in [1.807, 2.05) is 19.9 Å². The van der Waals surface area contributed by atoms with Crippen LogP contribution in [0.15, 0.2) is 18.2 Å². The van der Waals surface area contributed by atoms with Gasteiger partial charge in [0.25, 0.3) is 0 Å². The third-order valence-corrected chi connectivity index (χ3v) is 2.48. The van der Waals surface area contributed by atoms with Crippen molar-refractivity contribution >= 4 is 11.6 Å². The van der Waals surface area contributed by atoms with Gasteiger partial charge >= 0.3 is 0 Å².